The number of carbonyl (C=O) groups is 2. The van der Waals surface area contributed by atoms with E-state index in [-0.39, 0.29) is 18.2 Å². The maximum Gasteiger partial charge on any atom is 0.256 e. The van der Waals surface area contributed by atoms with Crippen LogP contribution in [0.25, 0.3) is 0 Å². The summed E-state index contributed by atoms with van der Waals surface area (Å²) in [4.78, 5) is 29.9. The van der Waals surface area contributed by atoms with E-state index in [1.165, 1.54) is 4.90 Å². The molecule has 2 heterocycles. The van der Waals surface area contributed by atoms with Crippen LogP contribution in [0.4, 0.5) is 11.5 Å². The van der Waals surface area contributed by atoms with Crippen molar-refractivity contribution in [3.05, 3.63) is 54.2 Å². The number of aromatic nitrogens is 1. The highest BCUT2D eigenvalue weighted by atomic mass is 16.2. The predicted molar refractivity (Wildman–Crippen MR) is 79.9 cm³/mol. The Bertz CT molecular complexity index is 668. The Morgan fingerprint density at radius 2 is 1.90 bits per heavy atom. The third-order valence-electron chi connectivity index (χ3n) is 3.39. The smallest absolute Gasteiger partial charge is 0.256 e. The number of pyridine rings is 1. The monoisotopic (exact) mass is 281 g/mol. The van der Waals surface area contributed by atoms with Gasteiger partial charge in [-0.05, 0) is 30.7 Å². The molecule has 0 radical (unpaired) electrons. The summed E-state index contributed by atoms with van der Waals surface area (Å²) in [7, 11) is 0. The Kier molecular flexibility index (Phi) is 3.39. The van der Waals surface area contributed by atoms with Gasteiger partial charge in [0.15, 0.2) is 0 Å². The van der Waals surface area contributed by atoms with Gasteiger partial charge in [0, 0.05) is 6.20 Å². The van der Waals surface area contributed by atoms with Crippen LogP contribution in [0.3, 0.4) is 0 Å². The predicted octanol–water partition coefficient (Wildman–Crippen LogP) is 2.13. The Labute approximate surface area is 122 Å². The second-order valence-corrected chi connectivity index (χ2v) is 5.02. The molecule has 0 spiro atoms. The number of carbonyl (C=O) groups excluding carboxylic acids is 2. The molecule has 3 rings (SSSR count). The zero-order valence-corrected chi connectivity index (χ0v) is 11.6. The van der Waals surface area contributed by atoms with Crippen LogP contribution in [0.15, 0.2) is 48.7 Å². The molecule has 2 aromatic rings. The molecule has 0 bridgehead atoms. The van der Waals surface area contributed by atoms with Crippen LogP contribution in [-0.4, -0.2) is 22.8 Å². The third-order valence-corrected chi connectivity index (χ3v) is 3.39. The van der Waals surface area contributed by atoms with Crippen molar-refractivity contribution in [2.45, 2.75) is 19.4 Å². The minimum Gasteiger partial charge on any atom is -0.358 e. The molecule has 0 aliphatic carbocycles. The first-order valence-electron chi connectivity index (χ1n) is 6.76. The number of nitrogens with one attached hydrogen (secondary N) is 1. The summed E-state index contributed by atoms with van der Waals surface area (Å²) in [5.74, 6) is 0.158. The zero-order valence-electron chi connectivity index (χ0n) is 11.6. The molecule has 5 heteroatoms. The molecule has 1 fully saturated rings. The number of amides is 2. The number of benzene rings is 1. The van der Waals surface area contributed by atoms with E-state index in [9.17, 15) is 9.59 Å². The zero-order chi connectivity index (χ0) is 14.8. The largest absolute Gasteiger partial charge is 0.358 e. The lowest BCUT2D eigenvalue weighted by Gasteiger charge is -2.15. The second-order valence-electron chi connectivity index (χ2n) is 5.02. The van der Waals surface area contributed by atoms with Crippen molar-refractivity contribution in [2.75, 3.05) is 10.2 Å². The molecule has 1 aliphatic heterocycles. The van der Waals surface area contributed by atoms with Crippen LogP contribution in [0.2, 0.25) is 0 Å². The molecular weight excluding hydrogens is 266 g/mol. The van der Waals surface area contributed by atoms with Gasteiger partial charge in [-0.25, -0.2) is 9.88 Å². The lowest BCUT2D eigenvalue weighted by molar-refractivity contribution is -0.121. The molecule has 1 N–H and O–H groups in total. The van der Waals surface area contributed by atoms with Gasteiger partial charge in [-0.2, -0.15) is 0 Å². The molecule has 5 nitrogen and oxygen atoms in total. The molecule has 1 aliphatic rings. The number of para-hydroxylation sites is 1. The van der Waals surface area contributed by atoms with Gasteiger partial charge in [-0.1, -0.05) is 24.3 Å². The van der Waals surface area contributed by atoms with E-state index in [2.05, 4.69) is 10.3 Å². The van der Waals surface area contributed by atoms with Crippen molar-refractivity contribution in [2.24, 2.45) is 0 Å². The van der Waals surface area contributed by atoms with Gasteiger partial charge < -0.3 is 5.32 Å². The first-order valence-corrected chi connectivity index (χ1v) is 6.76. The molecule has 1 saturated heterocycles. The van der Waals surface area contributed by atoms with Gasteiger partial charge in [-0.15, -0.1) is 0 Å². The quantitative estimate of drug-likeness (QED) is 0.875. The summed E-state index contributed by atoms with van der Waals surface area (Å²) in [6.07, 6.45) is 1.86. The maximum atomic E-state index is 12.4. The maximum absolute atomic E-state index is 12.4. The molecule has 21 heavy (non-hydrogen) atoms. The highest BCUT2D eigenvalue weighted by Crippen LogP contribution is 2.24. The van der Waals surface area contributed by atoms with Crippen LogP contribution >= 0.6 is 0 Å². The fraction of sp³-hybridized carbons (Fsp3) is 0.188. The third kappa shape index (κ3) is 2.63. The fourth-order valence-corrected chi connectivity index (χ4v) is 2.32. The molecule has 1 atom stereocenters. The lowest BCUT2D eigenvalue weighted by atomic mass is 10.2. The van der Waals surface area contributed by atoms with Crippen molar-refractivity contribution in [3.8, 4) is 0 Å². The molecule has 1 aromatic heterocycles. The Balaban J connectivity index is 1.79. The minimum atomic E-state index is -0.562. The molecule has 106 valence electrons. The van der Waals surface area contributed by atoms with Gasteiger partial charge in [0.25, 0.3) is 5.91 Å². The van der Waals surface area contributed by atoms with Crippen LogP contribution in [0.5, 0.6) is 0 Å². The Morgan fingerprint density at radius 1 is 1.14 bits per heavy atom. The van der Waals surface area contributed by atoms with Crippen LogP contribution in [0, 0.1) is 6.92 Å². The molecule has 1 aromatic carbocycles. The normalized spacial score (nSPS) is 18.1. The summed E-state index contributed by atoms with van der Waals surface area (Å²) in [5.41, 5.74) is 1.65. The average molecular weight is 281 g/mol. The number of nitrogens with zero attached hydrogens (tertiary/aromatic N) is 2. The number of imide groups is 1. The van der Waals surface area contributed by atoms with E-state index in [4.69, 9.17) is 0 Å². The number of hydrogen-bond donors (Lipinski definition) is 1. The van der Waals surface area contributed by atoms with Crippen molar-refractivity contribution in [1.82, 2.24) is 4.98 Å². The summed E-state index contributed by atoms with van der Waals surface area (Å²) >= 11 is 0. The van der Waals surface area contributed by atoms with Crippen LogP contribution in [0.1, 0.15) is 12.0 Å². The summed E-state index contributed by atoms with van der Waals surface area (Å²) in [5, 5.41) is 3.02. The topological polar surface area (TPSA) is 62.3 Å². The standard InChI is InChI=1S/C16H15N3O2/c1-11-7-8-14(17-10-11)18-13-9-15(20)19(16(13)21)12-5-3-2-4-6-12/h2-8,10,13H,9H2,1H3,(H,17,18). The molecule has 0 saturated carbocycles. The summed E-state index contributed by atoms with van der Waals surface area (Å²) < 4.78 is 0. The number of rotatable bonds is 3. The number of aryl methyl sites for hydroxylation is 1. The van der Waals surface area contributed by atoms with E-state index in [1.54, 1.807) is 36.5 Å². The number of hydrogen-bond acceptors (Lipinski definition) is 4. The SMILES string of the molecule is Cc1ccc(NC2CC(=O)N(c3ccccc3)C2=O)nc1. The molecular formula is C16H15N3O2. The van der Waals surface area contributed by atoms with Gasteiger partial charge in [-0.3, -0.25) is 9.59 Å². The van der Waals surface area contributed by atoms with Gasteiger partial charge in [0.05, 0.1) is 12.1 Å². The van der Waals surface area contributed by atoms with E-state index in [0.717, 1.165) is 5.56 Å². The lowest BCUT2D eigenvalue weighted by Crippen LogP contribution is -2.34. The van der Waals surface area contributed by atoms with Crippen molar-refractivity contribution < 1.29 is 9.59 Å². The second kappa shape index (κ2) is 5.36. The van der Waals surface area contributed by atoms with Crippen LogP contribution in [-0.2, 0) is 9.59 Å². The molecule has 2 amide bonds. The minimum absolute atomic E-state index is 0.142. The highest BCUT2D eigenvalue weighted by Gasteiger charge is 2.39. The Morgan fingerprint density at radius 3 is 2.57 bits per heavy atom. The first kappa shape index (κ1) is 13.3. The molecule has 1 unspecified atom stereocenters. The van der Waals surface area contributed by atoms with E-state index in [1.807, 2.05) is 19.1 Å². The number of anilines is 2. The van der Waals surface area contributed by atoms with Crippen molar-refractivity contribution >= 4 is 23.3 Å². The van der Waals surface area contributed by atoms with E-state index < -0.39 is 6.04 Å². The van der Waals surface area contributed by atoms with E-state index >= 15 is 0 Å². The van der Waals surface area contributed by atoms with E-state index in [0.29, 0.717) is 11.5 Å². The van der Waals surface area contributed by atoms with Crippen molar-refractivity contribution in [1.29, 1.82) is 0 Å². The summed E-state index contributed by atoms with van der Waals surface area (Å²) in [6.45, 7) is 1.94. The van der Waals surface area contributed by atoms with Crippen LogP contribution < -0.4 is 10.2 Å². The highest BCUT2D eigenvalue weighted by molar-refractivity contribution is 6.23. The van der Waals surface area contributed by atoms with Crippen molar-refractivity contribution in [3.63, 3.8) is 0 Å². The fourth-order valence-electron chi connectivity index (χ4n) is 2.32. The Hall–Kier alpha value is -2.69. The summed E-state index contributed by atoms with van der Waals surface area (Å²) in [6, 6.07) is 12.1. The first-order chi connectivity index (χ1) is 10.1. The van der Waals surface area contributed by atoms with Gasteiger partial charge in [0.1, 0.15) is 11.9 Å². The average Bonchev–Trinajstić information content (AvgIpc) is 2.77. The van der Waals surface area contributed by atoms with Gasteiger partial charge in [0.2, 0.25) is 5.91 Å². The van der Waals surface area contributed by atoms with Gasteiger partial charge >= 0.3 is 0 Å².